The van der Waals surface area contributed by atoms with Gasteiger partial charge in [0.1, 0.15) is 0 Å². The quantitative estimate of drug-likeness (QED) is 0.869. The summed E-state index contributed by atoms with van der Waals surface area (Å²) >= 11 is 1.51. The van der Waals surface area contributed by atoms with E-state index in [-0.39, 0.29) is 11.8 Å². The molecule has 0 radical (unpaired) electrons. The third-order valence-electron chi connectivity index (χ3n) is 3.97. The van der Waals surface area contributed by atoms with Crippen LogP contribution in [0.1, 0.15) is 24.5 Å². The summed E-state index contributed by atoms with van der Waals surface area (Å²) in [6.07, 6.45) is 2.17. The van der Waals surface area contributed by atoms with E-state index in [9.17, 15) is 9.59 Å². The Morgan fingerprint density at radius 2 is 1.92 bits per heavy atom. The van der Waals surface area contributed by atoms with E-state index in [1.165, 1.54) is 17.3 Å². The van der Waals surface area contributed by atoms with Crippen molar-refractivity contribution in [1.82, 2.24) is 0 Å². The summed E-state index contributed by atoms with van der Waals surface area (Å²) in [5.74, 6) is 0.408. The highest BCUT2D eigenvalue weighted by atomic mass is 32.2. The Morgan fingerprint density at radius 3 is 2.67 bits per heavy atom. The highest BCUT2D eigenvalue weighted by Gasteiger charge is 2.15. The second kappa shape index (κ2) is 7.53. The number of hydrogen-bond donors (Lipinski definition) is 2. The van der Waals surface area contributed by atoms with Crippen molar-refractivity contribution in [1.29, 1.82) is 0 Å². The van der Waals surface area contributed by atoms with Gasteiger partial charge in [0, 0.05) is 17.0 Å². The van der Waals surface area contributed by atoms with Gasteiger partial charge in [0.15, 0.2) is 0 Å². The minimum Gasteiger partial charge on any atom is -0.326 e. The predicted molar refractivity (Wildman–Crippen MR) is 98.6 cm³/mol. The topological polar surface area (TPSA) is 58.2 Å². The van der Waals surface area contributed by atoms with Crippen LogP contribution in [0.15, 0.2) is 47.4 Å². The lowest BCUT2D eigenvalue weighted by molar-refractivity contribution is -0.116. The summed E-state index contributed by atoms with van der Waals surface area (Å²) in [6.45, 7) is 2.13. The Labute approximate surface area is 146 Å². The minimum absolute atomic E-state index is 0.00787. The van der Waals surface area contributed by atoms with Gasteiger partial charge in [0.25, 0.3) is 0 Å². The first-order valence-electron chi connectivity index (χ1n) is 8.08. The predicted octanol–water partition coefficient (Wildman–Crippen LogP) is 3.86. The fraction of sp³-hybridized carbons (Fsp3) is 0.263. The van der Waals surface area contributed by atoms with Crippen molar-refractivity contribution in [2.45, 2.75) is 31.1 Å². The lowest BCUT2D eigenvalue weighted by Crippen LogP contribution is -2.19. The summed E-state index contributed by atoms with van der Waals surface area (Å²) in [5, 5.41) is 5.73. The number of nitrogens with one attached hydrogen (secondary N) is 2. The Balaban J connectivity index is 1.56. The zero-order valence-corrected chi connectivity index (χ0v) is 14.4. The summed E-state index contributed by atoms with van der Waals surface area (Å²) < 4.78 is 0. The number of amides is 2. The fourth-order valence-corrected chi connectivity index (χ4v) is 3.37. The number of carbonyl (C=O) groups is 2. The third kappa shape index (κ3) is 4.17. The van der Waals surface area contributed by atoms with Crippen LogP contribution in [0.2, 0.25) is 0 Å². The minimum atomic E-state index is -0.0238. The van der Waals surface area contributed by atoms with Gasteiger partial charge in [-0.05, 0) is 42.2 Å². The molecule has 0 atom stereocenters. The second-order valence-electron chi connectivity index (χ2n) is 5.77. The molecule has 0 fully saturated rings. The van der Waals surface area contributed by atoms with E-state index in [2.05, 4.69) is 41.8 Å². The van der Waals surface area contributed by atoms with Gasteiger partial charge >= 0.3 is 0 Å². The summed E-state index contributed by atoms with van der Waals surface area (Å²) in [6, 6.07) is 14.0. The largest absolute Gasteiger partial charge is 0.326 e. The molecule has 1 aliphatic heterocycles. The molecule has 4 nitrogen and oxygen atoms in total. The monoisotopic (exact) mass is 340 g/mol. The molecule has 2 aromatic rings. The smallest absolute Gasteiger partial charge is 0.234 e. The molecular weight excluding hydrogens is 320 g/mol. The van der Waals surface area contributed by atoms with E-state index in [0.29, 0.717) is 24.3 Å². The van der Waals surface area contributed by atoms with E-state index in [1.807, 2.05) is 18.2 Å². The summed E-state index contributed by atoms with van der Waals surface area (Å²) in [5.41, 5.74) is 3.95. The molecule has 0 bridgehead atoms. The van der Waals surface area contributed by atoms with Crippen molar-refractivity contribution in [3.8, 4) is 0 Å². The lowest BCUT2D eigenvalue weighted by atomic mass is 10.1. The summed E-state index contributed by atoms with van der Waals surface area (Å²) in [4.78, 5) is 24.6. The van der Waals surface area contributed by atoms with E-state index < -0.39 is 0 Å². The van der Waals surface area contributed by atoms with E-state index in [4.69, 9.17) is 0 Å². The molecule has 24 heavy (non-hydrogen) atoms. The maximum Gasteiger partial charge on any atom is 0.234 e. The second-order valence-corrected chi connectivity index (χ2v) is 6.78. The van der Waals surface area contributed by atoms with Crippen LogP contribution < -0.4 is 10.6 Å². The summed E-state index contributed by atoms with van der Waals surface area (Å²) in [7, 11) is 0. The number of hydrogen-bond acceptors (Lipinski definition) is 3. The van der Waals surface area contributed by atoms with Gasteiger partial charge in [0.2, 0.25) is 11.8 Å². The highest BCUT2D eigenvalue weighted by molar-refractivity contribution is 8.00. The van der Waals surface area contributed by atoms with Gasteiger partial charge in [-0.25, -0.2) is 0 Å². The van der Waals surface area contributed by atoms with Gasteiger partial charge in [-0.2, -0.15) is 0 Å². The van der Waals surface area contributed by atoms with Gasteiger partial charge in [-0.15, -0.1) is 11.8 Å². The van der Waals surface area contributed by atoms with Crippen molar-refractivity contribution in [3.63, 3.8) is 0 Å². The maximum atomic E-state index is 12.1. The molecule has 3 rings (SSSR count). The zero-order valence-electron chi connectivity index (χ0n) is 13.6. The molecule has 2 N–H and O–H groups in total. The Hall–Kier alpha value is -2.27. The van der Waals surface area contributed by atoms with E-state index in [0.717, 1.165) is 22.6 Å². The number of fused-ring (bicyclic) bond motifs is 1. The van der Waals surface area contributed by atoms with Crippen LogP contribution in [0.4, 0.5) is 11.4 Å². The molecule has 0 saturated carbocycles. The molecule has 5 heteroatoms. The molecule has 0 aliphatic carbocycles. The first-order chi connectivity index (χ1) is 11.6. The number of anilines is 2. The normalized spacial score (nSPS) is 13.1. The van der Waals surface area contributed by atoms with E-state index >= 15 is 0 Å². The standard InChI is InChI=1S/C19H20N2O2S/c1-2-13-3-5-14(6-4-13)7-10-18(22)20-15-8-9-17-16(11-15)21-19(23)12-24-17/h3-6,8-9,11H,2,7,10,12H2,1H3,(H,20,22)(H,21,23). The molecule has 1 heterocycles. The van der Waals surface area contributed by atoms with Crippen molar-refractivity contribution in [2.75, 3.05) is 16.4 Å². The number of rotatable bonds is 5. The number of carbonyl (C=O) groups excluding carboxylic acids is 2. The lowest BCUT2D eigenvalue weighted by Gasteiger charge is -2.17. The molecule has 0 saturated heterocycles. The molecule has 2 aromatic carbocycles. The van der Waals surface area contributed by atoms with Gasteiger partial charge in [-0.3, -0.25) is 9.59 Å². The molecule has 2 amide bonds. The zero-order chi connectivity index (χ0) is 16.9. The van der Waals surface area contributed by atoms with Gasteiger partial charge in [0.05, 0.1) is 11.4 Å². The molecule has 124 valence electrons. The average molecular weight is 340 g/mol. The number of thioether (sulfide) groups is 1. The van der Waals surface area contributed by atoms with Crippen LogP contribution >= 0.6 is 11.8 Å². The number of benzene rings is 2. The third-order valence-corrected chi connectivity index (χ3v) is 5.04. The van der Waals surface area contributed by atoms with Crippen LogP contribution in [0.5, 0.6) is 0 Å². The van der Waals surface area contributed by atoms with Gasteiger partial charge < -0.3 is 10.6 Å². The van der Waals surface area contributed by atoms with Crippen LogP contribution in [0.3, 0.4) is 0 Å². The maximum absolute atomic E-state index is 12.1. The Kier molecular flexibility index (Phi) is 5.20. The first kappa shape index (κ1) is 16.6. The Bertz CT molecular complexity index is 756. The molecule has 0 aromatic heterocycles. The highest BCUT2D eigenvalue weighted by Crippen LogP contribution is 2.33. The SMILES string of the molecule is CCc1ccc(CCC(=O)Nc2ccc3c(c2)NC(=O)CS3)cc1. The van der Waals surface area contributed by atoms with Gasteiger partial charge in [-0.1, -0.05) is 31.2 Å². The van der Waals surface area contributed by atoms with E-state index in [1.54, 1.807) is 0 Å². The average Bonchev–Trinajstić information content (AvgIpc) is 2.60. The number of aryl methyl sites for hydroxylation is 2. The van der Waals surface area contributed by atoms with Crippen molar-refractivity contribution in [3.05, 3.63) is 53.6 Å². The van der Waals surface area contributed by atoms with Crippen molar-refractivity contribution in [2.24, 2.45) is 0 Å². The molecule has 0 unspecified atom stereocenters. The van der Waals surface area contributed by atoms with Crippen LogP contribution in [0.25, 0.3) is 0 Å². The van der Waals surface area contributed by atoms with Crippen molar-refractivity contribution < 1.29 is 9.59 Å². The fourth-order valence-electron chi connectivity index (χ4n) is 2.58. The van der Waals surface area contributed by atoms with Crippen LogP contribution in [0, 0.1) is 0 Å². The van der Waals surface area contributed by atoms with Crippen LogP contribution in [-0.4, -0.2) is 17.6 Å². The van der Waals surface area contributed by atoms with Crippen molar-refractivity contribution >= 4 is 35.0 Å². The first-order valence-corrected chi connectivity index (χ1v) is 9.07. The Morgan fingerprint density at radius 1 is 1.17 bits per heavy atom. The molecular formula is C19H20N2O2S. The molecule has 1 aliphatic rings. The molecule has 0 spiro atoms. The van der Waals surface area contributed by atoms with Crippen LogP contribution in [-0.2, 0) is 22.4 Å².